The minimum Gasteiger partial charge on any atom is -0.349 e. The van der Waals surface area contributed by atoms with Crippen LogP contribution in [0, 0.1) is 0 Å². The summed E-state index contributed by atoms with van der Waals surface area (Å²) in [7, 11) is 0. The third-order valence-electron chi connectivity index (χ3n) is 4.83. The number of para-hydroxylation sites is 2. The summed E-state index contributed by atoms with van der Waals surface area (Å²) in [5.41, 5.74) is 1.68. The first-order valence-electron chi connectivity index (χ1n) is 10.3. The van der Waals surface area contributed by atoms with Crippen molar-refractivity contribution in [3.05, 3.63) is 77.0 Å². The first kappa shape index (κ1) is 21.7. The zero-order chi connectivity index (χ0) is 22.7. The first-order chi connectivity index (χ1) is 15.3. The summed E-state index contributed by atoms with van der Waals surface area (Å²) < 4.78 is 1.57. The molecule has 4 rings (SSSR count). The molecule has 2 heterocycles. The van der Waals surface area contributed by atoms with Crippen LogP contribution >= 0.6 is 11.3 Å². The molecule has 0 aliphatic rings. The number of amides is 2. The predicted octanol–water partition coefficient (Wildman–Crippen LogP) is 4.18. The molecule has 0 radical (unpaired) electrons. The minimum atomic E-state index is -0.807. The highest BCUT2D eigenvalue weighted by Crippen LogP contribution is 2.31. The maximum atomic E-state index is 13.7. The summed E-state index contributed by atoms with van der Waals surface area (Å²) in [5.74, 6) is -0.491. The minimum absolute atomic E-state index is 0.0416. The normalized spacial score (nSPS) is 12.5. The lowest BCUT2D eigenvalue weighted by Crippen LogP contribution is -2.50. The van der Waals surface area contributed by atoms with E-state index in [2.05, 4.69) is 15.6 Å². The van der Waals surface area contributed by atoms with Gasteiger partial charge in [-0.25, -0.2) is 4.68 Å². The fourth-order valence-electron chi connectivity index (χ4n) is 3.52. The molecule has 0 aliphatic carbocycles. The fraction of sp³-hybridized carbons (Fsp3) is 0.250. The standard InChI is InChI=1S/C24H25N5O2S/c1-24(2,3)25-23(31)22(20-14-9-15-32-20)29(17-10-5-4-6-11-17)21(30)16-28-19-13-8-7-12-18(19)26-27-28/h4-15,22H,16H2,1-3H3,(H,25,31). The summed E-state index contributed by atoms with van der Waals surface area (Å²) in [6, 6.07) is 19.7. The fourth-order valence-corrected chi connectivity index (χ4v) is 4.34. The Morgan fingerprint density at radius 1 is 1.03 bits per heavy atom. The van der Waals surface area contributed by atoms with Crippen molar-refractivity contribution < 1.29 is 9.59 Å². The summed E-state index contributed by atoms with van der Waals surface area (Å²) in [6.07, 6.45) is 0. The predicted molar refractivity (Wildman–Crippen MR) is 126 cm³/mol. The number of carbonyl (C=O) groups is 2. The van der Waals surface area contributed by atoms with E-state index in [1.807, 2.05) is 92.9 Å². The molecule has 0 saturated heterocycles. The number of hydrogen-bond acceptors (Lipinski definition) is 5. The smallest absolute Gasteiger partial charge is 0.249 e. The van der Waals surface area contributed by atoms with Gasteiger partial charge in [0.15, 0.2) is 0 Å². The van der Waals surface area contributed by atoms with Crippen LogP contribution in [0.4, 0.5) is 5.69 Å². The maximum absolute atomic E-state index is 13.7. The Balaban J connectivity index is 1.76. The lowest BCUT2D eigenvalue weighted by atomic mass is 10.1. The van der Waals surface area contributed by atoms with Crippen molar-refractivity contribution >= 4 is 39.9 Å². The number of rotatable bonds is 6. The lowest BCUT2D eigenvalue weighted by Gasteiger charge is -2.33. The van der Waals surface area contributed by atoms with E-state index in [4.69, 9.17) is 0 Å². The van der Waals surface area contributed by atoms with Crippen LogP contribution in [0.1, 0.15) is 31.7 Å². The topological polar surface area (TPSA) is 80.1 Å². The van der Waals surface area contributed by atoms with Crippen LogP contribution in [0.15, 0.2) is 72.1 Å². The Kier molecular flexibility index (Phi) is 6.05. The molecule has 0 saturated carbocycles. The highest BCUT2D eigenvalue weighted by atomic mass is 32.1. The van der Waals surface area contributed by atoms with Gasteiger partial charge in [0.1, 0.15) is 18.1 Å². The van der Waals surface area contributed by atoms with Crippen molar-refractivity contribution in [3.8, 4) is 0 Å². The second-order valence-corrected chi connectivity index (χ2v) is 9.47. The highest BCUT2D eigenvalue weighted by Gasteiger charge is 2.35. The molecule has 4 aromatic rings. The Morgan fingerprint density at radius 2 is 1.75 bits per heavy atom. The summed E-state index contributed by atoms with van der Waals surface area (Å²) in [4.78, 5) is 29.5. The quantitative estimate of drug-likeness (QED) is 0.481. The van der Waals surface area contributed by atoms with Gasteiger partial charge in [0.05, 0.1) is 5.52 Å². The third-order valence-corrected chi connectivity index (χ3v) is 5.75. The molecular weight excluding hydrogens is 422 g/mol. The number of anilines is 1. The van der Waals surface area contributed by atoms with Gasteiger partial charge in [0, 0.05) is 16.1 Å². The third kappa shape index (κ3) is 4.70. The van der Waals surface area contributed by atoms with Crippen molar-refractivity contribution in [2.75, 3.05) is 4.90 Å². The Labute approximate surface area is 190 Å². The van der Waals surface area contributed by atoms with Gasteiger partial charge < -0.3 is 5.32 Å². The second kappa shape index (κ2) is 8.92. The summed E-state index contributed by atoms with van der Waals surface area (Å²) >= 11 is 1.45. The Bertz CT molecular complexity index is 1210. The van der Waals surface area contributed by atoms with Crippen molar-refractivity contribution in [2.24, 2.45) is 0 Å². The molecule has 1 unspecified atom stereocenters. The zero-order valence-corrected chi connectivity index (χ0v) is 19.0. The number of fused-ring (bicyclic) bond motifs is 1. The molecule has 1 N–H and O–H groups in total. The van der Waals surface area contributed by atoms with Gasteiger partial charge in [0.2, 0.25) is 11.8 Å². The Morgan fingerprint density at radius 3 is 2.44 bits per heavy atom. The van der Waals surface area contributed by atoms with E-state index in [1.54, 1.807) is 9.58 Å². The summed E-state index contributed by atoms with van der Waals surface area (Å²) in [5, 5.41) is 13.3. The van der Waals surface area contributed by atoms with Gasteiger partial charge in [0.25, 0.3) is 0 Å². The van der Waals surface area contributed by atoms with Crippen LogP contribution in [-0.4, -0.2) is 32.3 Å². The SMILES string of the molecule is CC(C)(C)NC(=O)C(c1cccs1)N(C(=O)Cn1nnc2ccccc21)c1ccccc1. The van der Waals surface area contributed by atoms with Gasteiger partial charge in [-0.1, -0.05) is 41.6 Å². The van der Waals surface area contributed by atoms with E-state index < -0.39 is 11.6 Å². The molecule has 32 heavy (non-hydrogen) atoms. The van der Waals surface area contributed by atoms with Crippen LogP contribution < -0.4 is 10.2 Å². The Hall–Kier alpha value is -3.52. The van der Waals surface area contributed by atoms with Crippen molar-refractivity contribution in [2.45, 2.75) is 38.9 Å². The lowest BCUT2D eigenvalue weighted by molar-refractivity contribution is -0.127. The molecular formula is C24H25N5O2S. The number of aromatic nitrogens is 3. The van der Waals surface area contributed by atoms with Gasteiger partial charge >= 0.3 is 0 Å². The second-order valence-electron chi connectivity index (χ2n) is 8.49. The van der Waals surface area contributed by atoms with Crippen LogP contribution in [0.25, 0.3) is 11.0 Å². The number of nitrogens with zero attached hydrogens (tertiary/aromatic N) is 4. The number of nitrogens with one attached hydrogen (secondary N) is 1. The molecule has 164 valence electrons. The van der Waals surface area contributed by atoms with E-state index in [1.165, 1.54) is 11.3 Å². The average Bonchev–Trinajstić information content (AvgIpc) is 3.41. The van der Waals surface area contributed by atoms with Gasteiger partial charge in [-0.3, -0.25) is 14.5 Å². The molecule has 2 amide bonds. The van der Waals surface area contributed by atoms with Crippen LogP contribution in [0.3, 0.4) is 0 Å². The summed E-state index contributed by atoms with van der Waals surface area (Å²) in [6.45, 7) is 5.73. The molecule has 0 spiro atoms. The molecule has 8 heteroatoms. The number of benzene rings is 2. The van der Waals surface area contributed by atoms with Gasteiger partial charge in [-0.15, -0.1) is 16.4 Å². The average molecular weight is 448 g/mol. The monoisotopic (exact) mass is 447 g/mol. The van der Waals surface area contributed by atoms with E-state index in [9.17, 15) is 9.59 Å². The highest BCUT2D eigenvalue weighted by molar-refractivity contribution is 7.10. The molecule has 2 aromatic carbocycles. The molecule has 0 bridgehead atoms. The number of carbonyl (C=O) groups excluding carboxylic acids is 2. The van der Waals surface area contributed by atoms with Gasteiger partial charge in [-0.05, 0) is 56.5 Å². The first-order valence-corrected chi connectivity index (χ1v) is 11.2. The molecule has 7 nitrogen and oxygen atoms in total. The molecule has 0 aliphatic heterocycles. The van der Waals surface area contributed by atoms with E-state index >= 15 is 0 Å². The van der Waals surface area contributed by atoms with Gasteiger partial charge in [-0.2, -0.15) is 0 Å². The number of hydrogen-bond donors (Lipinski definition) is 1. The van der Waals surface area contributed by atoms with Crippen molar-refractivity contribution in [1.82, 2.24) is 20.3 Å². The van der Waals surface area contributed by atoms with Crippen molar-refractivity contribution in [3.63, 3.8) is 0 Å². The van der Waals surface area contributed by atoms with Crippen LogP contribution in [0.2, 0.25) is 0 Å². The van der Waals surface area contributed by atoms with Crippen LogP contribution in [0.5, 0.6) is 0 Å². The molecule has 0 fully saturated rings. The van der Waals surface area contributed by atoms with E-state index in [0.29, 0.717) is 11.2 Å². The number of thiophene rings is 1. The van der Waals surface area contributed by atoms with E-state index in [0.717, 1.165) is 10.4 Å². The molecule has 1 atom stereocenters. The van der Waals surface area contributed by atoms with E-state index in [-0.39, 0.29) is 18.4 Å². The maximum Gasteiger partial charge on any atom is 0.249 e. The van der Waals surface area contributed by atoms with Crippen LogP contribution in [-0.2, 0) is 16.1 Å². The molecule has 2 aromatic heterocycles. The largest absolute Gasteiger partial charge is 0.349 e. The van der Waals surface area contributed by atoms with Crippen molar-refractivity contribution in [1.29, 1.82) is 0 Å². The zero-order valence-electron chi connectivity index (χ0n) is 18.2.